The molecule has 2 aromatic heterocycles. The summed E-state index contributed by atoms with van der Waals surface area (Å²) in [4.78, 5) is 14.2. The number of aromatic nitrogens is 2. The number of aryl methyl sites for hydroxylation is 1. The molecule has 1 fully saturated rings. The maximum Gasteiger partial charge on any atom is 0.227 e. The average molecular weight is 510 g/mol. The summed E-state index contributed by atoms with van der Waals surface area (Å²) in [6.45, 7) is 10.8. The van der Waals surface area contributed by atoms with Crippen LogP contribution >= 0.6 is 0 Å². The van der Waals surface area contributed by atoms with Gasteiger partial charge < -0.3 is 19.4 Å². The molecule has 1 N–H and O–H groups in total. The van der Waals surface area contributed by atoms with Crippen LogP contribution in [0.15, 0.2) is 71.3 Å². The number of furan rings is 1. The lowest BCUT2D eigenvalue weighted by molar-refractivity contribution is -0.00521. The van der Waals surface area contributed by atoms with Crippen molar-refractivity contribution in [2.45, 2.75) is 52.5 Å². The van der Waals surface area contributed by atoms with Crippen LogP contribution in [0.3, 0.4) is 0 Å². The molecule has 196 valence electrons. The Labute approximate surface area is 224 Å². The summed E-state index contributed by atoms with van der Waals surface area (Å²) in [7, 11) is 0. The Hall–Kier alpha value is -3.68. The highest BCUT2D eigenvalue weighted by molar-refractivity contribution is 5.63. The summed E-state index contributed by atoms with van der Waals surface area (Å²) in [5, 5.41) is 3.37. The van der Waals surface area contributed by atoms with Crippen LogP contribution in [0.2, 0.25) is 0 Å². The highest BCUT2D eigenvalue weighted by Crippen LogP contribution is 2.31. The van der Waals surface area contributed by atoms with Gasteiger partial charge in [-0.05, 0) is 74.2 Å². The van der Waals surface area contributed by atoms with Crippen LogP contribution < -0.4 is 10.2 Å². The van der Waals surface area contributed by atoms with Crippen LogP contribution in [0.5, 0.6) is 0 Å². The molecule has 0 amide bonds. The highest BCUT2D eigenvalue weighted by Gasteiger charge is 2.24. The first-order valence-electron chi connectivity index (χ1n) is 13.5. The van der Waals surface area contributed by atoms with Crippen molar-refractivity contribution in [3.05, 3.63) is 89.3 Å². The maximum atomic E-state index is 6.37. The van der Waals surface area contributed by atoms with E-state index in [1.54, 1.807) is 0 Å². The van der Waals surface area contributed by atoms with E-state index < -0.39 is 0 Å². The molecular formula is C31H35N5O2. The first-order chi connectivity index (χ1) is 18.5. The van der Waals surface area contributed by atoms with Gasteiger partial charge in [0.25, 0.3) is 0 Å². The average Bonchev–Trinajstić information content (AvgIpc) is 3.33. The molecule has 4 aromatic rings. The number of benzene rings is 2. The number of hydrogen-bond acceptors (Lipinski definition) is 7. The van der Waals surface area contributed by atoms with Gasteiger partial charge in [-0.25, -0.2) is 9.97 Å². The van der Waals surface area contributed by atoms with Gasteiger partial charge >= 0.3 is 0 Å². The predicted molar refractivity (Wildman–Crippen MR) is 151 cm³/mol. The van der Waals surface area contributed by atoms with Crippen molar-refractivity contribution in [2.24, 2.45) is 0 Å². The minimum atomic E-state index is 0.232. The number of nitrogens with zero attached hydrogens (tertiary/aromatic N) is 4. The fourth-order valence-electron chi connectivity index (χ4n) is 5.49. The Bertz CT molecular complexity index is 1380. The third kappa shape index (κ3) is 5.44. The molecule has 0 radical (unpaired) electrons. The van der Waals surface area contributed by atoms with Gasteiger partial charge in [-0.15, -0.1) is 0 Å². The van der Waals surface area contributed by atoms with Gasteiger partial charge in [0.05, 0.1) is 18.8 Å². The molecule has 7 nitrogen and oxygen atoms in total. The Morgan fingerprint density at radius 2 is 1.76 bits per heavy atom. The lowest BCUT2D eigenvalue weighted by atomic mass is 10.1. The van der Waals surface area contributed by atoms with Crippen molar-refractivity contribution in [1.82, 2.24) is 14.9 Å². The van der Waals surface area contributed by atoms with E-state index in [2.05, 4.69) is 94.6 Å². The minimum absolute atomic E-state index is 0.232. The van der Waals surface area contributed by atoms with Gasteiger partial charge in [0.1, 0.15) is 11.5 Å². The number of morpholine rings is 1. The summed E-state index contributed by atoms with van der Waals surface area (Å²) in [5.41, 5.74) is 6.58. The summed E-state index contributed by atoms with van der Waals surface area (Å²) in [5.74, 6) is 2.41. The van der Waals surface area contributed by atoms with E-state index in [-0.39, 0.29) is 12.2 Å². The zero-order valence-corrected chi connectivity index (χ0v) is 22.4. The third-order valence-electron chi connectivity index (χ3n) is 7.32. The normalized spacial score (nSPS) is 19.8. The summed E-state index contributed by atoms with van der Waals surface area (Å²) in [6.07, 6.45) is 3.30. The Balaban J connectivity index is 1.15. The van der Waals surface area contributed by atoms with Crippen molar-refractivity contribution < 1.29 is 9.15 Å². The van der Waals surface area contributed by atoms with Crippen LogP contribution in [0, 0.1) is 6.92 Å². The molecule has 2 aromatic carbocycles. The third-order valence-corrected chi connectivity index (χ3v) is 7.32. The Morgan fingerprint density at radius 3 is 2.53 bits per heavy atom. The fraction of sp³-hybridized carbons (Fsp3) is 0.355. The van der Waals surface area contributed by atoms with Crippen molar-refractivity contribution in [1.29, 1.82) is 0 Å². The molecule has 1 saturated heterocycles. The molecule has 0 aliphatic carbocycles. The largest absolute Gasteiger partial charge is 0.458 e. The van der Waals surface area contributed by atoms with Crippen LogP contribution in [0.1, 0.15) is 36.3 Å². The van der Waals surface area contributed by atoms with Crippen molar-refractivity contribution in [3.63, 3.8) is 0 Å². The van der Waals surface area contributed by atoms with Crippen molar-refractivity contribution >= 4 is 17.3 Å². The number of ether oxygens (including phenoxy) is 1. The van der Waals surface area contributed by atoms with E-state index >= 15 is 0 Å². The maximum absolute atomic E-state index is 6.37. The first-order valence-corrected chi connectivity index (χ1v) is 13.5. The second kappa shape index (κ2) is 10.6. The summed E-state index contributed by atoms with van der Waals surface area (Å²) >= 11 is 0. The standard InChI is InChI=1S/C31H35N5O2/c1-21-16-32-31(33-26-9-11-27(12-10-26)36-17-22(2)37-23(3)18-36)34-30(21)28-15-25-13-14-35(20-29(25)38-28)19-24-7-5-4-6-8-24/h4-12,15-16,22-23H,13-14,17-20H2,1-3H3,(H,32,33,34)/t22-,23+. The monoisotopic (exact) mass is 509 g/mol. The quantitative estimate of drug-likeness (QED) is 0.344. The molecule has 0 unspecified atom stereocenters. The molecule has 0 bridgehead atoms. The molecule has 2 aliphatic rings. The van der Waals surface area contributed by atoms with E-state index in [1.807, 2.05) is 13.1 Å². The lowest BCUT2D eigenvalue weighted by Crippen LogP contribution is -2.45. The number of hydrogen-bond donors (Lipinski definition) is 1. The van der Waals surface area contributed by atoms with Gasteiger partial charge in [-0.1, -0.05) is 30.3 Å². The van der Waals surface area contributed by atoms with Gasteiger partial charge in [0.2, 0.25) is 5.95 Å². The molecular weight excluding hydrogens is 474 g/mol. The number of anilines is 3. The van der Waals surface area contributed by atoms with Crippen molar-refractivity contribution in [2.75, 3.05) is 29.9 Å². The van der Waals surface area contributed by atoms with Gasteiger partial charge in [-0.2, -0.15) is 0 Å². The number of nitrogens with one attached hydrogen (secondary N) is 1. The second-order valence-corrected chi connectivity index (χ2v) is 10.6. The van der Waals surface area contributed by atoms with E-state index in [0.717, 1.165) is 67.6 Å². The molecule has 2 atom stereocenters. The molecule has 0 spiro atoms. The number of rotatable bonds is 6. The first kappa shape index (κ1) is 24.6. The Kier molecular flexibility index (Phi) is 6.87. The SMILES string of the molecule is Cc1cnc(Nc2ccc(N3C[C@@H](C)O[C@@H](C)C3)cc2)nc1-c1cc2c(o1)CN(Cc1ccccc1)CC2. The van der Waals surface area contributed by atoms with Crippen LogP contribution in [0.25, 0.3) is 11.5 Å². The van der Waals surface area contributed by atoms with E-state index in [0.29, 0.717) is 5.95 Å². The highest BCUT2D eigenvalue weighted by atomic mass is 16.5. The molecule has 7 heteroatoms. The molecule has 6 rings (SSSR count). The van der Waals surface area contributed by atoms with Crippen molar-refractivity contribution in [3.8, 4) is 11.5 Å². The van der Waals surface area contributed by atoms with Gasteiger partial charge in [-0.3, -0.25) is 4.90 Å². The van der Waals surface area contributed by atoms with Crippen LogP contribution in [-0.4, -0.2) is 46.7 Å². The molecule has 4 heterocycles. The predicted octanol–water partition coefficient (Wildman–Crippen LogP) is 5.96. The van der Waals surface area contributed by atoms with E-state index in [1.165, 1.54) is 16.8 Å². The van der Waals surface area contributed by atoms with Crippen LogP contribution in [0.4, 0.5) is 17.3 Å². The van der Waals surface area contributed by atoms with E-state index in [9.17, 15) is 0 Å². The van der Waals surface area contributed by atoms with Gasteiger partial charge in [0.15, 0.2) is 5.76 Å². The smallest absolute Gasteiger partial charge is 0.227 e. The van der Waals surface area contributed by atoms with Gasteiger partial charge in [0, 0.05) is 43.8 Å². The lowest BCUT2D eigenvalue weighted by Gasteiger charge is -2.36. The van der Waals surface area contributed by atoms with Crippen LogP contribution in [-0.2, 0) is 24.2 Å². The molecule has 38 heavy (non-hydrogen) atoms. The Morgan fingerprint density at radius 1 is 1.00 bits per heavy atom. The topological polar surface area (TPSA) is 66.7 Å². The molecule has 0 saturated carbocycles. The summed E-state index contributed by atoms with van der Waals surface area (Å²) in [6, 6.07) is 21.2. The minimum Gasteiger partial charge on any atom is -0.458 e. The summed E-state index contributed by atoms with van der Waals surface area (Å²) < 4.78 is 12.2. The number of fused-ring (bicyclic) bond motifs is 1. The fourth-order valence-corrected chi connectivity index (χ4v) is 5.49. The molecule has 2 aliphatic heterocycles. The van der Waals surface area contributed by atoms with E-state index in [4.69, 9.17) is 14.1 Å². The second-order valence-electron chi connectivity index (χ2n) is 10.6. The zero-order valence-electron chi connectivity index (χ0n) is 22.4. The zero-order chi connectivity index (χ0) is 26.1.